The summed E-state index contributed by atoms with van der Waals surface area (Å²) in [5.41, 5.74) is 6.08. The van der Waals surface area contributed by atoms with Crippen molar-refractivity contribution in [3.05, 3.63) is 18.0 Å². The lowest BCUT2D eigenvalue weighted by Crippen LogP contribution is -2.46. The topological polar surface area (TPSA) is 130 Å². The van der Waals surface area contributed by atoms with Gasteiger partial charge in [-0.1, -0.05) is 0 Å². The highest BCUT2D eigenvalue weighted by atomic mass is 16.4. The van der Waals surface area contributed by atoms with Crippen LogP contribution in [0.4, 0.5) is 0 Å². The van der Waals surface area contributed by atoms with Crippen LogP contribution in [0.25, 0.3) is 0 Å². The average Bonchev–Trinajstić information content (AvgIpc) is 2.70. The number of amides is 1. The molecular formula is C9H14N4O4. The highest BCUT2D eigenvalue weighted by Gasteiger charge is 2.23. The van der Waals surface area contributed by atoms with Crippen LogP contribution in [0, 0.1) is 0 Å². The summed E-state index contributed by atoms with van der Waals surface area (Å²) in [7, 11) is 1.67. The second-order valence-corrected chi connectivity index (χ2v) is 3.51. The second-order valence-electron chi connectivity index (χ2n) is 3.51. The summed E-state index contributed by atoms with van der Waals surface area (Å²) in [6, 6.07) is -2.37. The third kappa shape index (κ3) is 3.26. The first kappa shape index (κ1) is 13.1. The average molecular weight is 242 g/mol. The summed E-state index contributed by atoms with van der Waals surface area (Å²) >= 11 is 0. The van der Waals surface area contributed by atoms with Gasteiger partial charge in [0.2, 0.25) is 5.91 Å². The molecule has 0 aliphatic heterocycles. The molecule has 94 valence electrons. The molecule has 0 aliphatic rings. The van der Waals surface area contributed by atoms with Gasteiger partial charge >= 0.3 is 5.97 Å². The molecule has 1 unspecified atom stereocenters. The molecule has 0 aromatic carbocycles. The smallest absolute Gasteiger partial charge is 0.328 e. The van der Waals surface area contributed by atoms with E-state index in [-0.39, 0.29) is 0 Å². The number of carboxylic acids is 1. The van der Waals surface area contributed by atoms with Crippen LogP contribution in [0.15, 0.2) is 12.4 Å². The molecule has 5 N–H and O–H groups in total. The van der Waals surface area contributed by atoms with Crippen molar-refractivity contribution in [2.75, 3.05) is 6.61 Å². The third-order valence-corrected chi connectivity index (χ3v) is 2.16. The summed E-state index contributed by atoms with van der Waals surface area (Å²) in [6.45, 7) is -0.694. The number of nitrogens with one attached hydrogen (secondary N) is 1. The number of carbonyl (C=O) groups excluding carboxylic acids is 1. The van der Waals surface area contributed by atoms with Gasteiger partial charge in [-0.3, -0.25) is 9.48 Å². The van der Waals surface area contributed by atoms with Crippen LogP contribution >= 0.6 is 0 Å². The van der Waals surface area contributed by atoms with Gasteiger partial charge in [-0.05, 0) is 0 Å². The second kappa shape index (κ2) is 5.41. The van der Waals surface area contributed by atoms with Crippen LogP contribution in [0.2, 0.25) is 0 Å². The molecule has 1 rings (SSSR count). The van der Waals surface area contributed by atoms with E-state index < -0.39 is 30.6 Å². The SMILES string of the molecule is Cn1cc(C(N)C(=O)N[C@@H](CO)C(=O)O)cn1. The van der Waals surface area contributed by atoms with Gasteiger partial charge in [0.15, 0.2) is 0 Å². The van der Waals surface area contributed by atoms with E-state index in [1.54, 1.807) is 13.2 Å². The molecule has 0 bridgehead atoms. The summed E-state index contributed by atoms with van der Waals surface area (Å²) < 4.78 is 1.48. The molecule has 0 saturated carbocycles. The third-order valence-electron chi connectivity index (χ3n) is 2.16. The molecule has 2 atom stereocenters. The van der Waals surface area contributed by atoms with Crippen LogP contribution in [0.5, 0.6) is 0 Å². The fourth-order valence-electron chi connectivity index (χ4n) is 1.20. The van der Waals surface area contributed by atoms with E-state index in [9.17, 15) is 9.59 Å². The molecule has 1 amide bonds. The summed E-state index contributed by atoms with van der Waals surface area (Å²) in [6.07, 6.45) is 2.97. The Bertz CT molecular complexity index is 417. The maximum atomic E-state index is 11.6. The van der Waals surface area contributed by atoms with Crippen molar-refractivity contribution >= 4 is 11.9 Å². The highest BCUT2D eigenvalue weighted by Crippen LogP contribution is 2.08. The number of rotatable bonds is 5. The molecule has 17 heavy (non-hydrogen) atoms. The van der Waals surface area contributed by atoms with E-state index in [1.807, 2.05) is 0 Å². The molecule has 1 heterocycles. The number of nitrogens with two attached hydrogens (primary N) is 1. The predicted octanol–water partition coefficient (Wildman–Crippen LogP) is -2.02. The molecule has 0 fully saturated rings. The fraction of sp³-hybridized carbons (Fsp3) is 0.444. The normalized spacial score (nSPS) is 14.1. The lowest BCUT2D eigenvalue weighted by molar-refractivity contribution is -0.143. The Morgan fingerprint density at radius 2 is 2.29 bits per heavy atom. The maximum Gasteiger partial charge on any atom is 0.328 e. The minimum atomic E-state index is -1.36. The monoisotopic (exact) mass is 242 g/mol. The van der Waals surface area contributed by atoms with Gasteiger partial charge in [0.25, 0.3) is 0 Å². The van der Waals surface area contributed by atoms with Crippen molar-refractivity contribution in [2.24, 2.45) is 12.8 Å². The van der Waals surface area contributed by atoms with E-state index in [0.29, 0.717) is 5.56 Å². The molecule has 0 saturated heterocycles. The van der Waals surface area contributed by atoms with E-state index in [4.69, 9.17) is 15.9 Å². The number of aliphatic carboxylic acids is 1. The van der Waals surface area contributed by atoms with Crippen LogP contribution < -0.4 is 11.1 Å². The molecule has 8 heteroatoms. The molecule has 0 spiro atoms. The molecule has 1 aromatic rings. The van der Waals surface area contributed by atoms with Crippen LogP contribution in [-0.2, 0) is 16.6 Å². The Balaban J connectivity index is 2.67. The molecule has 1 aromatic heterocycles. The minimum absolute atomic E-state index is 0.465. The fourth-order valence-corrected chi connectivity index (χ4v) is 1.20. The zero-order valence-electron chi connectivity index (χ0n) is 9.20. The van der Waals surface area contributed by atoms with E-state index >= 15 is 0 Å². The number of aliphatic hydroxyl groups excluding tert-OH is 1. The molecule has 8 nitrogen and oxygen atoms in total. The van der Waals surface area contributed by atoms with Gasteiger partial charge < -0.3 is 21.3 Å². The van der Waals surface area contributed by atoms with Gasteiger partial charge in [-0.15, -0.1) is 0 Å². The number of carboxylic acid groups (broad SMARTS) is 1. The Morgan fingerprint density at radius 3 is 2.71 bits per heavy atom. The van der Waals surface area contributed by atoms with Crippen LogP contribution in [0.3, 0.4) is 0 Å². The molecular weight excluding hydrogens is 228 g/mol. The van der Waals surface area contributed by atoms with Crippen molar-refractivity contribution in [1.29, 1.82) is 0 Å². The lowest BCUT2D eigenvalue weighted by Gasteiger charge is -2.14. The summed E-state index contributed by atoms with van der Waals surface area (Å²) in [5, 5.41) is 23.4. The standard InChI is InChI=1S/C9H14N4O4/c1-13-3-5(2-11-13)7(10)8(15)12-6(4-14)9(16)17/h2-3,6-7,14H,4,10H2,1H3,(H,12,15)(H,16,17)/t6-,7?/m0/s1. The van der Waals surface area contributed by atoms with Gasteiger partial charge in [0, 0.05) is 18.8 Å². The first-order valence-electron chi connectivity index (χ1n) is 4.84. The largest absolute Gasteiger partial charge is 0.480 e. The van der Waals surface area contributed by atoms with Gasteiger partial charge in [0.05, 0.1) is 12.8 Å². The quantitative estimate of drug-likeness (QED) is 0.471. The van der Waals surface area contributed by atoms with Crippen molar-refractivity contribution < 1.29 is 19.8 Å². The first-order valence-corrected chi connectivity index (χ1v) is 4.84. The molecule has 0 aliphatic carbocycles. The number of aryl methyl sites for hydroxylation is 1. The summed E-state index contributed by atoms with van der Waals surface area (Å²) in [4.78, 5) is 22.2. The van der Waals surface area contributed by atoms with Gasteiger partial charge in [-0.25, -0.2) is 4.79 Å². The first-order chi connectivity index (χ1) is 7.95. The van der Waals surface area contributed by atoms with Gasteiger partial charge in [0.1, 0.15) is 12.1 Å². The van der Waals surface area contributed by atoms with Crippen molar-refractivity contribution in [3.63, 3.8) is 0 Å². The number of aliphatic hydroxyl groups is 1. The zero-order chi connectivity index (χ0) is 13.0. The highest BCUT2D eigenvalue weighted by molar-refractivity contribution is 5.87. The van der Waals surface area contributed by atoms with Crippen molar-refractivity contribution in [2.45, 2.75) is 12.1 Å². The Labute approximate surface area is 97.0 Å². The summed E-state index contributed by atoms with van der Waals surface area (Å²) in [5.74, 6) is -2.00. The lowest BCUT2D eigenvalue weighted by atomic mass is 10.1. The van der Waals surface area contributed by atoms with Crippen molar-refractivity contribution in [3.8, 4) is 0 Å². The predicted molar refractivity (Wildman–Crippen MR) is 56.8 cm³/mol. The van der Waals surface area contributed by atoms with E-state index in [2.05, 4.69) is 10.4 Å². The molecule has 0 radical (unpaired) electrons. The van der Waals surface area contributed by atoms with Gasteiger partial charge in [-0.2, -0.15) is 5.10 Å². The van der Waals surface area contributed by atoms with E-state index in [1.165, 1.54) is 10.9 Å². The number of carbonyl (C=O) groups is 2. The number of aromatic nitrogens is 2. The van der Waals surface area contributed by atoms with E-state index in [0.717, 1.165) is 0 Å². The number of hydrogen-bond acceptors (Lipinski definition) is 5. The Kier molecular flexibility index (Phi) is 4.18. The van der Waals surface area contributed by atoms with Crippen LogP contribution in [-0.4, -0.2) is 44.5 Å². The number of hydrogen-bond donors (Lipinski definition) is 4. The number of nitrogens with zero attached hydrogens (tertiary/aromatic N) is 2. The van der Waals surface area contributed by atoms with Crippen molar-refractivity contribution in [1.82, 2.24) is 15.1 Å². The maximum absolute atomic E-state index is 11.6. The van der Waals surface area contributed by atoms with Crippen LogP contribution in [0.1, 0.15) is 11.6 Å². The minimum Gasteiger partial charge on any atom is -0.480 e. The zero-order valence-corrected chi connectivity index (χ0v) is 9.20. The Hall–Kier alpha value is -1.93. The Morgan fingerprint density at radius 1 is 1.65 bits per heavy atom.